The SMILES string of the molecule is CCN(Cc1ccccc1)c1ccc(CBr)cc1[N+](=O)[O-]. The molecular weight excluding hydrogens is 332 g/mol. The molecule has 0 N–H and O–H groups in total. The maximum absolute atomic E-state index is 11.3. The summed E-state index contributed by atoms with van der Waals surface area (Å²) in [4.78, 5) is 13.0. The largest absolute Gasteiger partial charge is 0.362 e. The molecule has 0 aliphatic rings. The highest BCUT2D eigenvalue weighted by Gasteiger charge is 2.19. The molecule has 5 heteroatoms. The van der Waals surface area contributed by atoms with E-state index >= 15 is 0 Å². The molecule has 0 aliphatic carbocycles. The van der Waals surface area contributed by atoms with Gasteiger partial charge in [-0.3, -0.25) is 10.1 Å². The topological polar surface area (TPSA) is 46.4 Å². The van der Waals surface area contributed by atoms with Crippen molar-refractivity contribution >= 4 is 27.3 Å². The van der Waals surface area contributed by atoms with E-state index in [1.54, 1.807) is 6.07 Å². The molecule has 0 aromatic heterocycles. The molecule has 21 heavy (non-hydrogen) atoms. The minimum atomic E-state index is -0.310. The molecule has 4 nitrogen and oxygen atoms in total. The molecule has 0 radical (unpaired) electrons. The Balaban J connectivity index is 2.35. The summed E-state index contributed by atoms with van der Waals surface area (Å²) >= 11 is 3.34. The minimum Gasteiger partial charge on any atom is -0.362 e. The van der Waals surface area contributed by atoms with Gasteiger partial charge in [0.15, 0.2) is 0 Å². The fourth-order valence-electron chi connectivity index (χ4n) is 2.24. The van der Waals surface area contributed by atoms with Crippen molar-refractivity contribution in [3.05, 3.63) is 69.8 Å². The number of nitro benzene ring substituents is 1. The van der Waals surface area contributed by atoms with E-state index in [1.165, 1.54) is 0 Å². The molecule has 0 fully saturated rings. The minimum absolute atomic E-state index is 0.157. The van der Waals surface area contributed by atoms with Gasteiger partial charge in [0.1, 0.15) is 5.69 Å². The number of benzene rings is 2. The Hall–Kier alpha value is -1.88. The van der Waals surface area contributed by atoms with Crippen LogP contribution in [0.15, 0.2) is 48.5 Å². The van der Waals surface area contributed by atoms with Crippen LogP contribution in [0.1, 0.15) is 18.1 Å². The lowest BCUT2D eigenvalue weighted by Crippen LogP contribution is -2.23. The molecule has 0 aliphatic heterocycles. The van der Waals surface area contributed by atoms with Gasteiger partial charge >= 0.3 is 0 Å². The van der Waals surface area contributed by atoms with Crippen LogP contribution >= 0.6 is 15.9 Å². The van der Waals surface area contributed by atoms with Gasteiger partial charge in [-0.15, -0.1) is 0 Å². The van der Waals surface area contributed by atoms with Crippen LogP contribution in [-0.2, 0) is 11.9 Å². The van der Waals surface area contributed by atoms with Crippen molar-refractivity contribution < 1.29 is 4.92 Å². The number of anilines is 1. The normalized spacial score (nSPS) is 10.4. The zero-order valence-corrected chi connectivity index (χ0v) is 13.4. The third kappa shape index (κ3) is 3.82. The van der Waals surface area contributed by atoms with Gasteiger partial charge in [-0.2, -0.15) is 0 Å². The van der Waals surface area contributed by atoms with Gasteiger partial charge in [0.05, 0.1) is 4.92 Å². The molecule has 0 saturated heterocycles. The number of rotatable bonds is 6. The van der Waals surface area contributed by atoms with Crippen LogP contribution in [0.5, 0.6) is 0 Å². The van der Waals surface area contributed by atoms with Crippen molar-refractivity contribution in [2.75, 3.05) is 11.4 Å². The summed E-state index contributed by atoms with van der Waals surface area (Å²) < 4.78 is 0. The molecular formula is C16H17BrN2O2. The van der Waals surface area contributed by atoms with Crippen LogP contribution in [0.3, 0.4) is 0 Å². The Morgan fingerprint density at radius 2 is 1.86 bits per heavy atom. The number of halogens is 1. The van der Waals surface area contributed by atoms with Crippen LogP contribution in [0, 0.1) is 10.1 Å². The summed E-state index contributed by atoms with van der Waals surface area (Å²) in [6, 6.07) is 15.4. The Morgan fingerprint density at radius 1 is 1.14 bits per heavy atom. The van der Waals surface area contributed by atoms with Gasteiger partial charge in [0, 0.05) is 24.5 Å². The predicted octanol–water partition coefficient (Wildman–Crippen LogP) is 4.52. The first-order valence-electron chi connectivity index (χ1n) is 6.78. The standard InChI is InChI=1S/C16H17BrN2O2/c1-2-18(12-13-6-4-3-5-7-13)15-9-8-14(11-17)10-16(15)19(20)21/h3-10H,2,11-12H2,1H3. The average molecular weight is 349 g/mol. The molecule has 2 aromatic rings. The molecule has 0 unspecified atom stereocenters. The highest BCUT2D eigenvalue weighted by molar-refractivity contribution is 9.08. The van der Waals surface area contributed by atoms with Crippen molar-refractivity contribution in [2.24, 2.45) is 0 Å². The Morgan fingerprint density at radius 3 is 2.43 bits per heavy atom. The molecule has 0 spiro atoms. The van der Waals surface area contributed by atoms with Crippen molar-refractivity contribution in [3.63, 3.8) is 0 Å². The van der Waals surface area contributed by atoms with Crippen molar-refractivity contribution in [1.29, 1.82) is 0 Å². The van der Waals surface area contributed by atoms with Crippen LogP contribution in [0.2, 0.25) is 0 Å². The monoisotopic (exact) mass is 348 g/mol. The molecule has 2 aromatic carbocycles. The van der Waals surface area contributed by atoms with E-state index in [4.69, 9.17) is 0 Å². The van der Waals surface area contributed by atoms with Gasteiger partial charge in [-0.05, 0) is 24.1 Å². The van der Waals surface area contributed by atoms with E-state index in [1.807, 2.05) is 54.3 Å². The summed E-state index contributed by atoms with van der Waals surface area (Å²) in [6.07, 6.45) is 0. The zero-order valence-electron chi connectivity index (χ0n) is 11.8. The van der Waals surface area contributed by atoms with E-state index in [9.17, 15) is 10.1 Å². The molecule has 110 valence electrons. The van der Waals surface area contributed by atoms with Gasteiger partial charge in [0.2, 0.25) is 0 Å². The lowest BCUT2D eigenvalue weighted by atomic mass is 10.1. The van der Waals surface area contributed by atoms with E-state index in [-0.39, 0.29) is 10.6 Å². The second-order valence-electron chi connectivity index (χ2n) is 4.71. The molecule has 0 heterocycles. The van der Waals surface area contributed by atoms with Crippen LogP contribution in [-0.4, -0.2) is 11.5 Å². The Bertz CT molecular complexity index is 617. The second-order valence-corrected chi connectivity index (χ2v) is 5.27. The highest BCUT2D eigenvalue weighted by Crippen LogP contribution is 2.30. The molecule has 2 rings (SSSR count). The summed E-state index contributed by atoms with van der Waals surface area (Å²) in [6.45, 7) is 3.38. The van der Waals surface area contributed by atoms with Crippen LogP contribution < -0.4 is 4.90 Å². The maximum Gasteiger partial charge on any atom is 0.292 e. The summed E-state index contributed by atoms with van der Waals surface area (Å²) in [7, 11) is 0. The summed E-state index contributed by atoms with van der Waals surface area (Å²) in [5.74, 6) is 0. The first kappa shape index (κ1) is 15.5. The number of alkyl halides is 1. The first-order chi connectivity index (χ1) is 10.2. The third-order valence-corrected chi connectivity index (χ3v) is 3.98. The Kier molecular flexibility index (Phi) is 5.33. The van der Waals surface area contributed by atoms with Crippen molar-refractivity contribution in [3.8, 4) is 0 Å². The lowest BCUT2D eigenvalue weighted by Gasteiger charge is -2.23. The average Bonchev–Trinajstić information content (AvgIpc) is 2.53. The first-order valence-corrected chi connectivity index (χ1v) is 7.90. The smallest absolute Gasteiger partial charge is 0.292 e. The lowest BCUT2D eigenvalue weighted by molar-refractivity contribution is -0.384. The van der Waals surface area contributed by atoms with Gasteiger partial charge in [0.25, 0.3) is 5.69 Å². The molecule has 0 atom stereocenters. The van der Waals surface area contributed by atoms with Crippen molar-refractivity contribution in [1.82, 2.24) is 0 Å². The zero-order chi connectivity index (χ0) is 15.2. The van der Waals surface area contributed by atoms with E-state index in [2.05, 4.69) is 15.9 Å². The maximum atomic E-state index is 11.3. The van der Waals surface area contributed by atoms with Crippen LogP contribution in [0.25, 0.3) is 0 Å². The predicted molar refractivity (Wildman–Crippen MR) is 88.9 cm³/mol. The summed E-state index contributed by atoms with van der Waals surface area (Å²) in [5.41, 5.74) is 2.86. The Labute approximate surface area is 132 Å². The van der Waals surface area contributed by atoms with E-state index in [0.29, 0.717) is 24.1 Å². The quantitative estimate of drug-likeness (QED) is 0.438. The number of hydrogen-bond acceptors (Lipinski definition) is 3. The molecule has 0 bridgehead atoms. The fraction of sp³-hybridized carbons (Fsp3) is 0.250. The molecule has 0 saturated carbocycles. The van der Waals surface area contributed by atoms with Crippen molar-refractivity contribution in [2.45, 2.75) is 18.8 Å². The van der Waals surface area contributed by atoms with Gasteiger partial charge < -0.3 is 4.90 Å². The fourth-order valence-corrected chi connectivity index (χ4v) is 2.59. The van der Waals surface area contributed by atoms with Gasteiger partial charge in [-0.25, -0.2) is 0 Å². The van der Waals surface area contributed by atoms with Crippen LogP contribution in [0.4, 0.5) is 11.4 Å². The number of nitrogens with zero attached hydrogens (tertiary/aromatic N) is 2. The number of nitro groups is 1. The number of hydrogen-bond donors (Lipinski definition) is 0. The second kappa shape index (κ2) is 7.22. The highest BCUT2D eigenvalue weighted by atomic mass is 79.9. The summed E-state index contributed by atoms with van der Waals surface area (Å²) in [5, 5.41) is 11.9. The van der Waals surface area contributed by atoms with E-state index in [0.717, 1.165) is 11.1 Å². The van der Waals surface area contributed by atoms with E-state index < -0.39 is 0 Å². The molecule has 0 amide bonds. The van der Waals surface area contributed by atoms with Gasteiger partial charge in [-0.1, -0.05) is 52.3 Å². The third-order valence-electron chi connectivity index (χ3n) is 3.33.